The molecule has 6 aromatic rings. The molecule has 2 aromatic carbocycles. The van der Waals surface area contributed by atoms with Gasteiger partial charge in [-0.3, -0.25) is 29.8 Å². The maximum atomic E-state index is 13.4. The number of allylic oxidation sites excluding steroid dienone is 2. The van der Waals surface area contributed by atoms with E-state index in [2.05, 4.69) is 20.6 Å². The van der Waals surface area contributed by atoms with E-state index in [0.717, 1.165) is 0 Å². The van der Waals surface area contributed by atoms with Crippen LogP contribution in [0.25, 0.3) is 22.1 Å². The van der Waals surface area contributed by atoms with E-state index in [9.17, 15) is 24.3 Å². The number of rotatable bonds is 13. The molecule has 0 aliphatic rings. The van der Waals surface area contributed by atoms with Gasteiger partial charge in [-0.15, -0.1) is 0 Å². The first-order valence-electron chi connectivity index (χ1n) is 15.8. The van der Waals surface area contributed by atoms with Gasteiger partial charge in [0.15, 0.2) is 0 Å². The van der Waals surface area contributed by atoms with Crippen LogP contribution in [0, 0.1) is 0 Å². The average molecular weight is 678 g/mol. The first-order chi connectivity index (χ1) is 24.2. The number of aromatic hydroxyl groups is 1. The van der Waals surface area contributed by atoms with Crippen molar-refractivity contribution < 1.29 is 29.0 Å². The lowest BCUT2D eigenvalue weighted by molar-refractivity contribution is 0.0995. The Bertz CT molecular complexity index is 2310. The average Bonchev–Trinajstić information content (AvgIpc) is 3.91. The number of nitrogens with two attached hydrogens (primary N) is 1. The summed E-state index contributed by atoms with van der Waals surface area (Å²) in [5, 5.41) is 16.6. The fraction of sp³-hybridized carbons (Fsp3) is 0.200. The van der Waals surface area contributed by atoms with E-state index in [1.807, 2.05) is 19.9 Å². The van der Waals surface area contributed by atoms with Crippen molar-refractivity contribution in [1.29, 1.82) is 0 Å². The molecule has 0 saturated carbocycles. The van der Waals surface area contributed by atoms with Crippen LogP contribution < -0.4 is 21.1 Å². The summed E-state index contributed by atoms with van der Waals surface area (Å²) in [4.78, 5) is 59.4. The first-order valence-corrected chi connectivity index (χ1v) is 15.8. The molecule has 15 heteroatoms. The molecule has 0 aliphatic carbocycles. The van der Waals surface area contributed by atoms with Gasteiger partial charge >= 0.3 is 0 Å². The van der Waals surface area contributed by atoms with E-state index in [1.54, 1.807) is 61.0 Å². The van der Waals surface area contributed by atoms with Crippen molar-refractivity contribution in [2.24, 2.45) is 5.73 Å². The summed E-state index contributed by atoms with van der Waals surface area (Å²) in [5.41, 5.74) is 8.39. The Balaban J connectivity index is 1.36. The summed E-state index contributed by atoms with van der Waals surface area (Å²) in [6, 6.07) is 12.9. The van der Waals surface area contributed by atoms with Gasteiger partial charge in [-0.1, -0.05) is 12.2 Å². The van der Waals surface area contributed by atoms with E-state index in [-0.39, 0.29) is 47.8 Å². The maximum absolute atomic E-state index is 13.4. The Morgan fingerprint density at radius 2 is 1.38 bits per heavy atom. The van der Waals surface area contributed by atoms with E-state index >= 15 is 0 Å². The molecule has 256 valence electrons. The van der Waals surface area contributed by atoms with Gasteiger partial charge < -0.3 is 33.8 Å². The topological polar surface area (TPSA) is 193 Å². The third kappa shape index (κ3) is 6.19. The smallest absolute Gasteiger partial charge is 0.274 e. The Hall–Kier alpha value is -6.64. The molecule has 0 spiro atoms. The van der Waals surface area contributed by atoms with Crippen molar-refractivity contribution >= 4 is 58.0 Å². The third-order valence-electron chi connectivity index (χ3n) is 8.29. The van der Waals surface area contributed by atoms with Crippen molar-refractivity contribution in [2.75, 3.05) is 17.7 Å². The van der Waals surface area contributed by atoms with Crippen LogP contribution in [0.5, 0.6) is 11.5 Å². The molecular formula is C35H35N9O6. The molecular weight excluding hydrogens is 642 g/mol. The Kier molecular flexibility index (Phi) is 9.21. The zero-order valence-electron chi connectivity index (χ0n) is 27.6. The van der Waals surface area contributed by atoms with E-state index in [1.165, 1.54) is 31.4 Å². The van der Waals surface area contributed by atoms with Gasteiger partial charge in [0.2, 0.25) is 17.8 Å². The quantitative estimate of drug-likeness (QED) is 0.102. The number of benzene rings is 2. The summed E-state index contributed by atoms with van der Waals surface area (Å²) in [6.07, 6.45) is 7.81. The van der Waals surface area contributed by atoms with Crippen LogP contribution in [0.2, 0.25) is 0 Å². The van der Waals surface area contributed by atoms with Crippen molar-refractivity contribution in [3.63, 3.8) is 0 Å². The molecule has 50 heavy (non-hydrogen) atoms. The Morgan fingerprint density at radius 3 is 1.88 bits per heavy atom. The molecule has 15 nitrogen and oxygen atoms in total. The summed E-state index contributed by atoms with van der Waals surface area (Å²) in [7, 11) is 1.46. The highest BCUT2D eigenvalue weighted by atomic mass is 16.5. The number of amides is 3. The summed E-state index contributed by atoms with van der Waals surface area (Å²) >= 11 is 0. The monoisotopic (exact) mass is 677 g/mol. The molecule has 0 aliphatic heterocycles. The van der Waals surface area contributed by atoms with Gasteiger partial charge in [0.05, 0.1) is 18.1 Å². The number of phenolic OH excluding ortho intramolecular Hbond substituents is 1. The van der Waals surface area contributed by atoms with E-state index < -0.39 is 11.8 Å². The van der Waals surface area contributed by atoms with Crippen LogP contribution in [0.1, 0.15) is 55.5 Å². The highest BCUT2D eigenvalue weighted by Crippen LogP contribution is 2.32. The number of ether oxygens (including phenoxy) is 1. The van der Waals surface area contributed by atoms with Crippen LogP contribution in [-0.4, -0.2) is 64.5 Å². The molecule has 6 rings (SSSR count). The number of aromatic nitrogens is 6. The highest BCUT2D eigenvalue weighted by Gasteiger charge is 2.22. The molecule has 5 N–H and O–H groups in total. The van der Waals surface area contributed by atoms with Gasteiger partial charge in [0.25, 0.3) is 11.8 Å². The Morgan fingerprint density at radius 1 is 0.840 bits per heavy atom. The number of methoxy groups -OCH3 is 1. The number of aldehydes is 1. The molecule has 4 heterocycles. The predicted molar refractivity (Wildman–Crippen MR) is 187 cm³/mol. The second-order valence-electron chi connectivity index (χ2n) is 11.3. The molecule has 3 amide bonds. The molecule has 0 radical (unpaired) electrons. The van der Waals surface area contributed by atoms with Gasteiger partial charge in [0, 0.05) is 49.7 Å². The molecule has 4 aromatic heterocycles. The van der Waals surface area contributed by atoms with Crippen LogP contribution in [-0.2, 0) is 26.2 Å². The SMILES string of the molecule is CCn1cccc1C(=O)Nc1nc2cc(C=O)cc(O)c2n1C/C=C/Cn1c(NC(=O)c2cccn2CC)nc2cc(C(N)=O)cc(OC)c21. The lowest BCUT2D eigenvalue weighted by Gasteiger charge is -2.12. The van der Waals surface area contributed by atoms with Gasteiger partial charge in [-0.25, -0.2) is 9.97 Å². The van der Waals surface area contributed by atoms with Crippen molar-refractivity contribution in [3.8, 4) is 11.5 Å². The van der Waals surface area contributed by atoms with Crippen LogP contribution >= 0.6 is 0 Å². The number of nitrogens with one attached hydrogen (secondary N) is 2. The van der Waals surface area contributed by atoms with Gasteiger partial charge in [-0.2, -0.15) is 0 Å². The number of nitrogens with zero attached hydrogens (tertiary/aromatic N) is 6. The summed E-state index contributed by atoms with van der Waals surface area (Å²) < 4.78 is 12.6. The zero-order valence-corrected chi connectivity index (χ0v) is 27.6. The van der Waals surface area contributed by atoms with Gasteiger partial charge in [0.1, 0.15) is 40.2 Å². The van der Waals surface area contributed by atoms with Crippen LogP contribution in [0.3, 0.4) is 0 Å². The van der Waals surface area contributed by atoms with E-state index in [4.69, 9.17) is 10.5 Å². The first kappa shape index (κ1) is 33.3. The minimum atomic E-state index is -0.659. The van der Waals surface area contributed by atoms with Crippen LogP contribution in [0.15, 0.2) is 73.1 Å². The number of carbonyl (C=O) groups is 4. The standard InChI is InChI=1S/C35H35N9O6/c1-4-41-12-8-10-25(41)32(48)39-34-37-23-16-21(20-45)17-27(46)29(23)43(34)14-6-7-15-44-30-24(18-22(31(36)47)19-28(30)50-3)38-35(44)40-33(49)26-11-9-13-42(26)5-2/h6-13,16-20,46H,4-5,14-15H2,1-3H3,(H2,36,47)(H,37,39,48)(H,38,40,49)/b7-6+. The lowest BCUT2D eigenvalue weighted by atomic mass is 10.1. The second kappa shape index (κ2) is 13.8. The summed E-state index contributed by atoms with van der Waals surface area (Å²) in [6.45, 7) is 5.36. The highest BCUT2D eigenvalue weighted by molar-refractivity contribution is 6.05. The fourth-order valence-electron chi connectivity index (χ4n) is 5.89. The number of hydrogen-bond donors (Lipinski definition) is 4. The van der Waals surface area contributed by atoms with Crippen molar-refractivity contribution in [1.82, 2.24) is 28.2 Å². The minimum absolute atomic E-state index is 0.149. The lowest BCUT2D eigenvalue weighted by Crippen LogP contribution is -2.19. The number of aryl methyl sites for hydroxylation is 2. The largest absolute Gasteiger partial charge is 0.506 e. The fourth-order valence-corrected chi connectivity index (χ4v) is 5.89. The zero-order chi connectivity index (χ0) is 35.5. The normalized spacial score (nSPS) is 11.4. The van der Waals surface area contributed by atoms with Crippen molar-refractivity contribution in [3.05, 3.63) is 95.6 Å². The number of phenols is 1. The van der Waals surface area contributed by atoms with E-state index in [0.29, 0.717) is 58.6 Å². The minimum Gasteiger partial charge on any atom is -0.506 e. The number of imidazole rings is 2. The molecule has 0 bridgehead atoms. The third-order valence-corrected chi connectivity index (χ3v) is 8.29. The number of primary amides is 1. The molecule has 0 fully saturated rings. The second-order valence-corrected chi connectivity index (χ2v) is 11.3. The summed E-state index contributed by atoms with van der Waals surface area (Å²) in [5.74, 6) is -0.915. The van der Waals surface area contributed by atoms with Crippen LogP contribution in [0.4, 0.5) is 11.9 Å². The number of fused-ring (bicyclic) bond motifs is 2. The molecule has 0 atom stereocenters. The maximum Gasteiger partial charge on any atom is 0.274 e. The number of carbonyl (C=O) groups excluding carboxylic acids is 4. The molecule has 0 saturated heterocycles. The number of anilines is 2. The van der Waals surface area contributed by atoms with Crippen molar-refractivity contribution in [2.45, 2.75) is 40.0 Å². The van der Waals surface area contributed by atoms with Gasteiger partial charge in [-0.05, 0) is 62.4 Å². The Labute approximate surface area is 285 Å². The molecule has 0 unspecified atom stereocenters. The number of hydrogen-bond acceptors (Lipinski definition) is 8. The predicted octanol–water partition coefficient (Wildman–Crippen LogP) is 4.42.